The van der Waals surface area contributed by atoms with Crippen molar-refractivity contribution < 1.29 is 0 Å². The number of nitrogens with zero attached hydrogens (tertiary/aromatic N) is 2. The average Bonchev–Trinajstić information content (AvgIpc) is 3.90. The highest BCUT2D eigenvalue weighted by Gasteiger charge is 2.61. The monoisotopic (exact) mass is 810 g/mol. The second-order valence-corrected chi connectivity index (χ2v) is 20.1. The van der Waals surface area contributed by atoms with E-state index in [0.29, 0.717) is 11.8 Å². The molecule has 0 saturated heterocycles. The average molecular weight is 811 g/mol. The molecule has 0 aliphatic heterocycles. The molecule has 304 valence electrons. The Morgan fingerprint density at radius 3 is 1.89 bits per heavy atom. The quantitative estimate of drug-likeness (QED) is 0.168. The van der Waals surface area contributed by atoms with E-state index in [2.05, 4.69) is 205 Å². The highest BCUT2D eigenvalue weighted by molar-refractivity contribution is 6.16. The molecule has 9 aromatic rings. The van der Waals surface area contributed by atoms with Crippen molar-refractivity contribution in [3.63, 3.8) is 0 Å². The van der Waals surface area contributed by atoms with Crippen LogP contribution in [-0.4, -0.2) is 4.57 Å². The molecule has 1 heterocycles. The van der Waals surface area contributed by atoms with Gasteiger partial charge in [-0.1, -0.05) is 135 Å². The fourth-order valence-corrected chi connectivity index (χ4v) is 14.4. The Morgan fingerprint density at radius 2 is 1.08 bits per heavy atom. The molecule has 0 N–H and O–H groups in total. The SMILES string of the molecule is CC1(C)c2ccccc2-c2ccc(N(c3ccc4c(c3)-c3ccc(-c5ccccc5)cc3C43C4CC5CC(C4)CC3C5)c3cccc4c3c3ccccc3n4-c3ccccc3)cc21. The van der Waals surface area contributed by atoms with Crippen LogP contribution in [0, 0.1) is 23.7 Å². The molecule has 4 saturated carbocycles. The van der Waals surface area contributed by atoms with Crippen LogP contribution < -0.4 is 4.90 Å². The van der Waals surface area contributed by atoms with Crippen LogP contribution in [0.15, 0.2) is 182 Å². The van der Waals surface area contributed by atoms with Gasteiger partial charge in [0.05, 0.1) is 16.7 Å². The van der Waals surface area contributed by atoms with Crippen LogP contribution in [0.4, 0.5) is 17.1 Å². The van der Waals surface area contributed by atoms with E-state index < -0.39 is 0 Å². The van der Waals surface area contributed by atoms with Crippen molar-refractivity contribution >= 4 is 38.9 Å². The molecular weight excluding hydrogens is 761 g/mol. The van der Waals surface area contributed by atoms with Gasteiger partial charge in [0.2, 0.25) is 0 Å². The summed E-state index contributed by atoms with van der Waals surface area (Å²) in [4.78, 5) is 2.60. The largest absolute Gasteiger partial charge is 0.310 e. The van der Waals surface area contributed by atoms with Crippen molar-refractivity contribution in [1.82, 2.24) is 4.57 Å². The summed E-state index contributed by atoms with van der Waals surface area (Å²) in [6.45, 7) is 4.81. The zero-order valence-corrected chi connectivity index (χ0v) is 36.1. The zero-order chi connectivity index (χ0) is 41.6. The molecule has 4 bridgehead atoms. The summed E-state index contributed by atoms with van der Waals surface area (Å²) in [6.07, 6.45) is 6.94. The molecule has 1 spiro atoms. The molecule has 15 rings (SSSR count). The molecule has 0 amide bonds. The lowest BCUT2D eigenvalue weighted by atomic mass is 9.43. The Bertz CT molecular complexity index is 3300. The number of para-hydroxylation sites is 2. The van der Waals surface area contributed by atoms with Gasteiger partial charge >= 0.3 is 0 Å². The summed E-state index contributed by atoms with van der Waals surface area (Å²) in [5.41, 5.74) is 21.4. The number of rotatable bonds is 5. The molecule has 0 radical (unpaired) electrons. The van der Waals surface area contributed by atoms with Crippen molar-refractivity contribution in [3.05, 3.63) is 204 Å². The van der Waals surface area contributed by atoms with Crippen LogP contribution in [0.3, 0.4) is 0 Å². The first-order valence-corrected chi connectivity index (χ1v) is 23.4. The van der Waals surface area contributed by atoms with Crippen molar-refractivity contribution in [2.75, 3.05) is 4.90 Å². The molecule has 63 heavy (non-hydrogen) atoms. The predicted molar refractivity (Wildman–Crippen MR) is 262 cm³/mol. The van der Waals surface area contributed by atoms with E-state index in [1.807, 2.05) is 0 Å². The number of fused-ring (bicyclic) bond motifs is 9. The van der Waals surface area contributed by atoms with Crippen LogP contribution >= 0.6 is 0 Å². The van der Waals surface area contributed by atoms with Gasteiger partial charge < -0.3 is 9.47 Å². The minimum absolute atomic E-state index is 0.0682. The van der Waals surface area contributed by atoms with Gasteiger partial charge in [-0.3, -0.25) is 0 Å². The molecule has 8 aromatic carbocycles. The van der Waals surface area contributed by atoms with Crippen LogP contribution in [-0.2, 0) is 10.8 Å². The Hall–Kier alpha value is -6.64. The first-order valence-electron chi connectivity index (χ1n) is 23.4. The molecular formula is C61H50N2. The Kier molecular flexibility index (Phi) is 7.38. The summed E-state index contributed by atoms with van der Waals surface area (Å²) in [7, 11) is 0. The van der Waals surface area contributed by atoms with E-state index in [9.17, 15) is 0 Å². The van der Waals surface area contributed by atoms with Gasteiger partial charge in [0.25, 0.3) is 0 Å². The lowest BCUT2D eigenvalue weighted by Gasteiger charge is -2.61. The summed E-state index contributed by atoms with van der Waals surface area (Å²) >= 11 is 0. The fourth-order valence-electron chi connectivity index (χ4n) is 14.4. The highest BCUT2D eigenvalue weighted by atomic mass is 15.1. The molecule has 0 unspecified atom stereocenters. The van der Waals surface area contributed by atoms with Crippen LogP contribution in [0.25, 0.3) is 60.9 Å². The maximum atomic E-state index is 2.63. The fraction of sp³-hybridized carbons (Fsp3) is 0.213. The minimum atomic E-state index is -0.123. The van der Waals surface area contributed by atoms with E-state index in [4.69, 9.17) is 0 Å². The van der Waals surface area contributed by atoms with Crippen LogP contribution in [0.2, 0.25) is 0 Å². The molecule has 2 heteroatoms. The van der Waals surface area contributed by atoms with Gasteiger partial charge in [0, 0.05) is 38.7 Å². The first kappa shape index (κ1) is 35.9. The second kappa shape index (κ2) is 13.0. The Morgan fingerprint density at radius 1 is 0.444 bits per heavy atom. The molecule has 4 fully saturated rings. The van der Waals surface area contributed by atoms with Gasteiger partial charge in [-0.05, 0) is 172 Å². The summed E-state index contributed by atoms with van der Waals surface area (Å²) in [6, 6.07) is 69.4. The van der Waals surface area contributed by atoms with Gasteiger partial charge in [-0.25, -0.2) is 0 Å². The highest BCUT2D eigenvalue weighted by Crippen LogP contribution is 2.70. The van der Waals surface area contributed by atoms with Crippen molar-refractivity contribution in [3.8, 4) is 39.1 Å². The van der Waals surface area contributed by atoms with E-state index in [-0.39, 0.29) is 10.8 Å². The molecule has 0 atom stereocenters. The van der Waals surface area contributed by atoms with Crippen molar-refractivity contribution in [1.29, 1.82) is 0 Å². The lowest BCUT2D eigenvalue weighted by Crippen LogP contribution is -2.55. The molecule has 1 aromatic heterocycles. The van der Waals surface area contributed by atoms with E-state index >= 15 is 0 Å². The number of anilines is 3. The van der Waals surface area contributed by atoms with Gasteiger partial charge in [0.15, 0.2) is 0 Å². The number of hydrogen-bond donors (Lipinski definition) is 0. The van der Waals surface area contributed by atoms with E-state index in [1.165, 1.54) is 121 Å². The summed E-state index contributed by atoms with van der Waals surface area (Å²) in [5.74, 6) is 3.18. The number of benzene rings is 8. The standard InChI is InChI=1S/C61H50N2/c1-60(2)52-20-11-9-18-47(52)48-28-25-46(37-54(48)60)62(57-22-13-23-58-59(57)50-19-10-12-21-56(50)63(58)44-16-7-4-8-17-44)45-26-29-53-51(36-45)49-27-24-41(40-14-5-3-6-15-40)35-55(49)61(53)42-31-38-30-39(33-42)34-43(61)32-38/h3-29,35-39,42-43H,30-34H2,1-2H3. The zero-order valence-electron chi connectivity index (χ0n) is 36.1. The molecule has 2 nitrogen and oxygen atoms in total. The smallest absolute Gasteiger partial charge is 0.0562 e. The Labute approximate surface area is 370 Å². The van der Waals surface area contributed by atoms with Gasteiger partial charge in [0.1, 0.15) is 0 Å². The number of aromatic nitrogens is 1. The van der Waals surface area contributed by atoms with Crippen molar-refractivity contribution in [2.45, 2.75) is 56.8 Å². The topological polar surface area (TPSA) is 8.17 Å². The normalized spacial score (nSPS) is 23.0. The van der Waals surface area contributed by atoms with Crippen LogP contribution in [0.1, 0.15) is 68.2 Å². The van der Waals surface area contributed by atoms with Crippen molar-refractivity contribution in [2.24, 2.45) is 23.7 Å². The summed E-state index contributed by atoms with van der Waals surface area (Å²) < 4.78 is 2.45. The maximum absolute atomic E-state index is 2.63. The van der Waals surface area contributed by atoms with E-state index in [0.717, 1.165) is 11.8 Å². The summed E-state index contributed by atoms with van der Waals surface area (Å²) in [5, 5.41) is 2.53. The Balaban J connectivity index is 1.03. The molecule has 6 aliphatic rings. The third-order valence-electron chi connectivity index (χ3n) is 16.8. The van der Waals surface area contributed by atoms with Crippen LogP contribution in [0.5, 0.6) is 0 Å². The molecule has 6 aliphatic carbocycles. The minimum Gasteiger partial charge on any atom is -0.310 e. The van der Waals surface area contributed by atoms with Gasteiger partial charge in [-0.2, -0.15) is 0 Å². The van der Waals surface area contributed by atoms with E-state index in [1.54, 1.807) is 11.1 Å². The second-order valence-electron chi connectivity index (χ2n) is 20.1. The first-order chi connectivity index (χ1) is 31.0. The van der Waals surface area contributed by atoms with Gasteiger partial charge in [-0.15, -0.1) is 0 Å². The predicted octanol–water partition coefficient (Wildman–Crippen LogP) is 15.9. The third kappa shape index (κ3) is 4.85. The third-order valence-corrected chi connectivity index (χ3v) is 16.8. The lowest BCUT2D eigenvalue weighted by molar-refractivity contribution is -0.0399. The number of hydrogen-bond acceptors (Lipinski definition) is 1. The maximum Gasteiger partial charge on any atom is 0.0562 e.